The van der Waals surface area contributed by atoms with Crippen molar-refractivity contribution in [3.8, 4) is 0 Å². The lowest BCUT2D eigenvalue weighted by Gasteiger charge is -2.09. The van der Waals surface area contributed by atoms with Gasteiger partial charge >= 0.3 is 0 Å². The smallest absolute Gasteiger partial charge is 0.255 e. The molecule has 21 heavy (non-hydrogen) atoms. The summed E-state index contributed by atoms with van der Waals surface area (Å²) in [6.45, 7) is 0. The Bertz CT molecular complexity index is 687. The van der Waals surface area contributed by atoms with E-state index in [0.29, 0.717) is 5.02 Å². The first-order valence-corrected chi connectivity index (χ1v) is 6.40. The summed E-state index contributed by atoms with van der Waals surface area (Å²) in [5.74, 6) is 2.29. The van der Waals surface area contributed by atoms with Crippen molar-refractivity contribution in [1.82, 2.24) is 0 Å². The van der Waals surface area contributed by atoms with Crippen molar-refractivity contribution in [2.45, 2.75) is 0 Å². The zero-order valence-corrected chi connectivity index (χ0v) is 11.9. The molecule has 1 amide bonds. The molecule has 0 bridgehead atoms. The molecule has 0 spiro atoms. The molecule has 4 N–H and O–H groups in total. The van der Waals surface area contributed by atoms with Gasteiger partial charge in [0.25, 0.3) is 5.91 Å². The van der Waals surface area contributed by atoms with Crippen molar-refractivity contribution >= 4 is 40.5 Å². The van der Waals surface area contributed by atoms with Crippen LogP contribution in [0.3, 0.4) is 0 Å². The van der Waals surface area contributed by atoms with Gasteiger partial charge in [0.2, 0.25) is 0 Å². The minimum atomic E-state index is -0.982. The second-order valence-corrected chi connectivity index (χ2v) is 4.88. The normalized spacial score (nSPS) is 10.3. The van der Waals surface area contributed by atoms with Crippen molar-refractivity contribution in [2.24, 2.45) is 5.84 Å². The Morgan fingerprint density at radius 2 is 1.71 bits per heavy atom. The Balaban J connectivity index is 2.28. The number of amides is 1. The predicted molar refractivity (Wildman–Crippen MR) is 78.6 cm³/mol. The highest BCUT2D eigenvalue weighted by Crippen LogP contribution is 2.26. The number of carbonyl (C=O) groups is 1. The lowest BCUT2D eigenvalue weighted by Crippen LogP contribution is -2.15. The standard InChI is InChI=1S/C13H9Cl2F2N3O/c14-7-1-2-11(8(15)5-7)19-13(21)6-3-9(16)12(20-18)10(17)4-6/h1-5,20H,18H2,(H,19,21). The monoisotopic (exact) mass is 331 g/mol. The summed E-state index contributed by atoms with van der Waals surface area (Å²) in [5, 5.41) is 3.03. The molecule has 2 rings (SSSR count). The first-order chi connectivity index (χ1) is 9.92. The van der Waals surface area contributed by atoms with Gasteiger partial charge < -0.3 is 10.7 Å². The average Bonchev–Trinajstić information content (AvgIpc) is 2.41. The van der Waals surface area contributed by atoms with Crippen molar-refractivity contribution < 1.29 is 13.6 Å². The Morgan fingerprint density at radius 1 is 1.10 bits per heavy atom. The number of benzene rings is 2. The van der Waals surface area contributed by atoms with Crippen LogP contribution in [-0.4, -0.2) is 5.91 Å². The van der Waals surface area contributed by atoms with Gasteiger partial charge in [0.15, 0.2) is 11.6 Å². The number of hydrogen-bond donors (Lipinski definition) is 3. The highest BCUT2D eigenvalue weighted by atomic mass is 35.5. The Morgan fingerprint density at radius 3 is 2.24 bits per heavy atom. The molecular weight excluding hydrogens is 323 g/mol. The number of nitrogens with two attached hydrogens (primary N) is 1. The van der Waals surface area contributed by atoms with Gasteiger partial charge in [-0.3, -0.25) is 10.6 Å². The van der Waals surface area contributed by atoms with Crippen LogP contribution in [0.15, 0.2) is 30.3 Å². The van der Waals surface area contributed by atoms with E-state index in [0.717, 1.165) is 12.1 Å². The number of halogens is 4. The van der Waals surface area contributed by atoms with Gasteiger partial charge in [-0.25, -0.2) is 8.78 Å². The highest BCUT2D eigenvalue weighted by Gasteiger charge is 2.15. The summed E-state index contributed by atoms with van der Waals surface area (Å²) < 4.78 is 27.1. The molecule has 4 nitrogen and oxygen atoms in total. The molecule has 0 aliphatic heterocycles. The maximum Gasteiger partial charge on any atom is 0.255 e. The van der Waals surface area contributed by atoms with Gasteiger partial charge in [0.1, 0.15) is 5.69 Å². The molecule has 2 aromatic carbocycles. The molecule has 110 valence electrons. The number of nitrogen functional groups attached to an aromatic ring is 1. The summed E-state index contributed by atoms with van der Waals surface area (Å²) in [7, 11) is 0. The van der Waals surface area contributed by atoms with E-state index in [4.69, 9.17) is 29.0 Å². The van der Waals surface area contributed by atoms with E-state index in [1.165, 1.54) is 18.2 Å². The maximum atomic E-state index is 13.5. The molecule has 0 fully saturated rings. The number of anilines is 2. The molecule has 2 aromatic rings. The third kappa shape index (κ3) is 3.41. The zero-order valence-electron chi connectivity index (χ0n) is 10.4. The predicted octanol–water partition coefficient (Wildman–Crippen LogP) is 3.81. The maximum absolute atomic E-state index is 13.5. The molecule has 8 heteroatoms. The molecule has 0 unspecified atom stereocenters. The molecule has 0 radical (unpaired) electrons. The third-order valence-electron chi connectivity index (χ3n) is 2.63. The van der Waals surface area contributed by atoms with Crippen molar-refractivity contribution in [2.75, 3.05) is 10.7 Å². The van der Waals surface area contributed by atoms with Crippen LogP contribution in [0.4, 0.5) is 20.2 Å². The van der Waals surface area contributed by atoms with E-state index < -0.39 is 23.2 Å². The zero-order chi connectivity index (χ0) is 15.6. The van der Waals surface area contributed by atoms with Crippen molar-refractivity contribution in [1.29, 1.82) is 0 Å². The molecule has 0 atom stereocenters. The second kappa shape index (κ2) is 6.26. The number of rotatable bonds is 3. The van der Waals surface area contributed by atoms with Crippen LogP contribution in [0.5, 0.6) is 0 Å². The molecule has 0 aliphatic carbocycles. The van der Waals surface area contributed by atoms with Crippen molar-refractivity contribution in [3.05, 3.63) is 57.6 Å². The van der Waals surface area contributed by atoms with E-state index in [-0.39, 0.29) is 16.3 Å². The van der Waals surface area contributed by atoms with Gasteiger partial charge in [-0.05, 0) is 30.3 Å². The molecule has 0 saturated heterocycles. The number of hydrazine groups is 1. The van der Waals surface area contributed by atoms with Crippen LogP contribution in [0.25, 0.3) is 0 Å². The van der Waals surface area contributed by atoms with Gasteiger partial charge in [0.05, 0.1) is 10.7 Å². The minimum absolute atomic E-state index is 0.206. The molecule has 0 aromatic heterocycles. The third-order valence-corrected chi connectivity index (χ3v) is 3.18. The topological polar surface area (TPSA) is 67.1 Å². The van der Waals surface area contributed by atoms with Gasteiger partial charge in [-0.2, -0.15) is 0 Å². The van der Waals surface area contributed by atoms with Crippen LogP contribution in [0.2, 0.25) is 10.0 Å². The summed E-state index contributed by atoms with van der Waals surface area (Å²) in [4.78, 5) is 12.0. The summed E-state index contributed by atoms with van der Waals surface area (Å²) in [5.41, 5.74) is 1.42. The fraction of sp³-hybridized carbons (Fsp3) is 0. The molecule has 0 saturated carbocycles. The van der Waals surface area contributed by atoms with E-state index in [2.05, 4.69) is 5.32 Å². The number of carbonyl (C=O) groups excluding carboxylic acids is 1. The summed E-state index contributed by atoms with van der Waals surface area (Å²) in [6.07, 6.45) is 0. The van der Waals surface area contributed by atoms with Crippen LogP contribution in [-0.2, 0) is 0 Å². The Labute approximate surface area is 128 Å². The first-order valence-electron chi connectivity index (χ1n) is 5.64. The summed E-state index contributed by atoms with van der Waals surface area (Å²) >= 11 is 11.6. The van der Waals surface area contributed by atoms with Gasteiger partial charge in [0, 0.05) is 10.6 Å². The SMILES string of the molecule is NNc1c(F)cc(C(=O)Nc2ccc(Cl)cc2Cl)cc1F. The highest BCUT2D eigenvalue weighted by molar-refractivity contribution is 6.36. The van der Waals surface area contributed by atoms with Gasteiger partial charge in [-0.1, -0.05) is 23.2 Å². The fourth-order valence-electron chi connectivity index (χ4n) is 1.63. The lowest BCUT2D eigenvalue weighted by molar-refractivity contribution is 0.102. The van der Waals surface area contributed by atoms with Crippen LogP contribution >= 0.6 is 23.2 Å². The average molecular weight is 332 g/mol. The lowest BCUT2D eigenvalue weighted by atomic mass is 10.1. The quantitative estimate of drug-likeness (QED) is 0.591. The minimum Gasteiger partial charge on any atom is -0.321 e. The Hall–Kier alpha value is -1.89. The van der Waals surface area contributed by atoms with Crippen LogP contribution in [0, 0.1) is 11.6 Å². The van der Waals surface area contributed by atoms with E-state index in [1.807, 2.05) is 5.43 Å². The molecule has 0 heterocycles. The fourth-order valence-corrected chi connectivity index (χ4v) is 2.08. The Kier molecular flexibility index (Phi) is 4.62. The van der Waals surface area contributed by atoms with E-state index in [1.54, 1.807) is 0 Å². The largest absolute Gasteiger partial charge is 0.321 e. The number of hydrogen-bond acceptors (Lipinski definition) is 3. The summed E-state index contributed by atoms with van der Waals surface area (Å²) in [6, 6.07) is 6.15. The first kappa shape index (κ1) is 15.5. The van der Waals surface area contributed by atoms with E-state index >= 15 is 0 Å². The second-order valence-electron chi connectivity index (χ2n) is 4.04. The van der Waals surface area contributed by atoms with Crippen LogP contribution in [0.1, 0.15) is 10.4 Å². The van der Waals surface area contributed by atoms with Crippen LogP contribution < -0.4 is 16.6 Å². The van der Waals surface area contributed by atoms with Gasteiger partial charge in [-0.15, -0.1) is 0 Å². The molecular formula is C13H9Cl2F2N3O. The number of nitrogens with one attached hydrogen (secondary N) is 2. The van der Waals surface area contributed by atoms with E-state index in [9.17, 15) is 13.6 Å². The molecule has 0 aliphatic rings. The van der Waals surface area contributed by atoms with Crippen molar-refractivity contribution in [3.63, 3.8) is 0 Å².